The summed E-state index contributed by atoms with van der Waals surface area (Å²) in [5.41, 5.74) is 1.30. The zero-order valence-corrected chi connectivity index (χ0v) is 13.2. The molecule has 0 amide bonds. The maximum Gasteiger partial charge on any atom is 0.0474 e. The molecule has 1 aromatic carbocycles. The molecular formula is C17H25ClN2O. The first-order chi connectivity index (χ1) is 10.3. The van der Waals surface area contributed by atoms with Gasteiger partial charge in [0.1, 0.15) is 0 Å². The smallest absolute Gasteiger partial charge is 0.0474 e. The molecule has 0 bridgehead atoms. The lowest BCUT2D eigenvalue weighted by Gasteiger charge is -2.36. The Kier molecular flexibility index (Phi) is 5.17. The maximum atomic E-state index is 9.48. The molecule has 2 aliphatic heterocycles. The molecular weight excluding hydrogens is 284 g/mol. The van der Waals surface area contributed by atoms with Crippen LogP contribution in [0, 0.1) is 17.8 Å². The van der Waals surface area contributed by atoms with Crippen molar-refractivity contribution >= 4 is 11.6 Å². The lowest BCUT2D eigenvalue weighted by atomic mass is 9.79. The molecule has 2 atom stereocenters. The van der Waals surface area contributed by atoms with E-state index in [-0.39, 0.29) is 0 Å². The number of hydrogen-bond donors (Lipinski definition) is 2. The van der Waals surface area contributed by atoms with Crippen molar-refractivity contribution in [3.63, 3.8) is 0 Å². The minimum Gasteiger partial charge on any atom is -0.396 e. The van der Waals surface area contributed by atoms with Crippen LogP contribution in [-0.4, -0.2) is 42.8 Å². The van der Waals surface area contributed by atoms with Gasteiger partial charge in [-0.3, -0.25) is 4.90 Å². The molecule has 4 heteroatoms. The van der Waals surface area contributed by atoms with Gasteiger partial charge in [0.2, 0.25) is 0 Å². The van der Waals surface area contributed by atoms with Gasteiger partial charge in [0.05, 0.1) is 0 Å². The molecule has 3 nitrogen and oxygen atoms in total. The monoisotopic (exact) mass is 308 g/mol. The molecule has 0 aliphatic carbocycles. The molecule has 0 spiro atoms. The minimum atomic E-state index is 0.334. The van der Waals surface area contributed by atoms with Crippen LogP contribution in [0.25, 0.3) is 0 Å². The molecule has 0 aromatic heterocycles. The number of likely N-dealkylation sites (tertiary alicyclic amines) is 1. The molecule has 2 N–H and O–H groups in total. The van der Waals surface area contributed by atoms with E-state index in [1.54, 1.807) is 0 Å². The Morgan fingerprint density at radius 2 is 2.05 bits per heavy atom. The summed E-state index contributed by atoms with van der Waals surface area (Å²) in [5.74, 6) is 1.91. The van der Waals surface area contributed by atoms with Crippen LogP contribution in [0.15, 0.2) is 24.3 Å². The van der Waals surface area contributed by atoms with Gasteiger partial charge >= 0.3 is 0 Å². The van der Waals surface area contributed by atoms with Gasteiger partial charge in [0.25, 0.3) is 0 Å². The van der Waals surface area contributed by atoms with Crippen molar-refractivity contribution in [3.8, 4) is 0 Å². The molecule has 2 fully saturated rings. The number of aliphatic hydroxyl groups excluding tert-OH is 1. The van der Waals surface area contributed by atoms with Crippen molar-refractivity contribution in [1.82, 2.24) is 10.2 Å². The lowest BCUT2D eigenvalue weighted by molar-refractivity contribution is 0.108. The first-order valence-corrected chi connectivity index (χ1v) is 8.42. The fourth-order valence-electron chi connectivity index (χ4n) is 3.94. The van der Waals surface area contributed by atoms with Crippen molar-refractivity contribution in [2.75, 3.05) is 32.8 Å². The highest BCUT2D eigenvalue weighted by Gasteiger charge is 2.34. The summed E-state index contributed by atoms with van der Waals surface area (Å²) < 4.78 is 0. The predicted octanol–water partition coefficient (Wildman–Crippen LogP) is 2.38. The zero-order valence-electron chi connectivity index (χ0n) is 12.5. The van der Waals surface area contributed by atoms with E-state index < -0.39 is 0 Å². The van der Waals surface area contributed by atoms with E-state index in [4.69, 9.17) is 11.6 Å². The van der Waals surface area contributed by atoms with E-state index in [2.05, 4.69) is 22.3 Å². The topological polar surface area (TPSA) is 35.5 Å². The minimum absolute atomic E-state index is 0.334. The Balaban J connectivity index is 1.51. The van der Waals surface area contributed by atoms with E-state index in [1.165, 1.54) is 18.4 Å². The largest absolute Gasteiger partial charge is 0.396 e. The highest BCUT2D eigenvalue weighted by Crippen LogP contribution is 2.32. The third kappa shape index (κ3) is 3.78. The first kappa shape index (κ1) is 15.3. The number of piperidine rings is 1. The summed E-state index contributed by atoms with van der Waals surface area (Å²) in [6.07, 6.45) is 2.51. The van der Waals surface area contributed by atoms with Crippen LogP contribution in [0.3, 0.4) is 0 Å². The standard InChI is InChI=1S/C17H25ClN2O/c18-16-3-1-2-13(8-16)11-20-6-4-14(5-7-20)17-10-19-9-15(17)12-21/h1-3,8,14-15,17,19,21H,4-7,9-12H2/t15-,17-/m0/s1. The van der Waals surface area contributed by atoms with Gasteiger partial charge < -0.3 is 10.4 Å². The van der Waals surface area contributed by atoms with Crippen molar-refractivity contribution < 1.29 is 5.11 Å². The number of hydrogen-bond acceptors (Lipinski definition) is 3. The molecule has 0 saturated carbocycles. The number of nitrogens with one attached hydrogen (secondary N) is 1. The van der Waals surface area contributed by atoms with Crippen LogP contribution < -0.4 is 5.32 Å². The summed E-state index contributed by atoms with van der Waals surface area (Å²) in [5, 5.41) is 13.7. The van der Waals surface area contributed by atoms with Crippen LogP contribution in [0.2, 0.25) is 5.02 Å². The van der Waals surface area contributed by atoms with Crippen molar-refractivity contribution in [2.24, 2.45) is 17.8 Å². The number of halogens is 1. The van der Waals surface area contributed by atoms with Gasteiger partial charge in [-0.05, 0) is 67.9 Å². The SMILES string of the molecule is OC[C@@H]1CNC[C@H]1C1CCN(Cc2cccc(Cl)c2)CC1. The maximum absolute atomic E-state index is 9.48. The second-order valence-electron chi connectivity index (χ2n) is 6.51. The van der Waals surface area contributed by atoms with Crippen LogP contribution in [0.1, 0.15) is 18.4 Å². The molecule has 21 heavy (non-hydrogen) atoms. The van der Waals surface area contributed by atoms with Gasteiger partial charge in [0, 0.05) is 24.7 Å². The summed E-state index contributed by atoms with van der Waals surface area (Å²) in [7, 11) is 0. The van der Waals surface area contributed by atoms with Gasteiger partial charge in [-0.1, -0.05) is 23.7 Å². The van der Waals surface area contributed by atoms with Crippen LogP contribution >= 0.6 is 11.6 Å². The molecule has 3 rings (SSSR count). The molecule has 2 heterocycles. The lowest BCUT2D eigenvalue weighted by Crippen LogP contribution is -2.38. The third-order valence-corrected chi connectivity index (χ3v) is 5.39. The normalized spacial score (nSPS) is 28.1. The van der Waals surface area contributed by atoms with E-state index >= 15 is 0 Å². The summed E-state index contributed by atoms with van der Waals surface area (Å²) in [6.45, 7) is 5.73. The summed E-state index contributed by atoms with van der Waals surface area (Å²) >= 11 is 6.05. The van der Waals surface area contributed by atoms with Gasteiger partial charge in [-0.2, -0.15) is 0 Å². The first-order valence-electron chi connectivity index (χ1n) is 8.04. The van der Waals surface area contributed by atoms with E-state index in [9.17, 15) is 5.11 Å². The third-order valence-electron chi connectivity index (χ3n) is 5.16. The Hall–Kier alpha value is -0.610. The average Bonchev–Trinajstić information content (AvgIpc) is 2.96. The van der Waals surface area contributed by atoms with E-state index in [0.717, 1.165) is 43.7 Å². The number of rotatable bonds is 4. The van der Waals surface area contributed by atoms with Crippen LogP contribution in [0.4, 0.5) is 0 Å². The fourth-order valence-corrected chi connectivity index (χ4v) is 4.15. The van der Waals surface area contributed by atoms with Gasteiger partial charge in [-0.25, -0.2) is 0 Å². The van der Waals surface area contributed by atoms with Crippen molar-refractivity contribution in [2.45, 2.75) is 19.4 Å². The fraction of sp³-hybridized carbons (Fsp3) is 0.647. The zero-order chi connectivity index (χ0) is 14.7. The molecule has 2 aliphatic rings. The van der Waals surface area contributed by atoms with E-state index in [1.807, 2.05) is 12.1 Å². The molecule has 116 valence electrons. The molecule has 1 aromatic rings. The van der Waals surface area contributed by atoms with E-state index in [0.29, 0.717) is 18.4 Å². The molecule has 0 radical (unpaired) electrons. The highest BCUT2D eigenvalue weighted by atomic mass is 35.5. The van der Waals surface area contributed by atoms with Crippen LogP contribution in [-0.2, 0) is 6.54 Å². The second kappa shape index (κ2) is 7.10. The number of nitrogens with zero attached hydrogens (tertiary/aromatic N) is 1. The quantitative estimate of drug-likeness (QED) is 0.896. The van der Waals surface area contributed by atoms with Gasteiger partial charge in [-0.15, -0.1) is 0 Å². The Labute approximate surface area is 132 Å². The Morgan fingerprint density at radius 3 is 2.76 bits per heavy atom. The van der Waals surface area contributed by atoms with Crippen molar-refractivity contribution in [3.05, 3.63) is 34.9 Å². The average molecular weight is 309 g/mol. The molecule has 2 saturated heterocycles. The Bertz CT molecular complexity index is 460. The predicted molar refractivity (Wildman–Crippen MR) is 86.4 cm³/mol. The number of benzene rings is 1. The summed E-state index contributed by atoms with van der Waals surface area (Å²) in [4.78, 5) is 2.53. The summed E-state index contributed by atoms with van der Waals surface area (Å²) in [6, 6.07) is 8.18. The van der Waals surface area contributed by atoms with Crippen molar-refractivity contribution in [1.29, 1.82) is 0 Å². The molecule has 0 unspecified atom stereocenters. The Morgan fingerprint density at radius 1 is 1.24 bits per heavy atom. The number of aliphatic hydroxyl groups is 1. The second-order valence-corrected chi connectivity index (χ2v) is 6.94. The highest BCUT2D eigenvalue weighted by molar-refractivity contribution is 6.30. The van der Waals surface area contributed by atoms with Gasteiger partial charge in [0.15, 0.2) is 0 Å². The van der Waals surface area contributed by atoms with Crippen LogP contribution in [0.5, 0.6) is 0 Å².